The molecular formula is C16H17NS2. The maximum Gasteiger partial charge on any atom is 0.0456 e. The summed E-state index contributed by atoms with van der Waals surface area (Å²) >= 11 is 3.69. The summed E-state index contributed by atoms with van der Waals surface area (Å²) in [4.78, 5) is 1.43. The van der Waals surface area contributed by atoms with E-state index in [1.54, 1.807) is 0 Å². The Kier molecular flexibility index (Phi) is 3.97. The second-order valence-corrected chi connectivity index (χ2v) is 6.48. The summed E-state index contributed by atoms with van der Waals surface area (Å²) in [6, 6.07) is 13.5. The van der Waals surface area contributed by atoms with Gasteiger partial charge in [0.25, 0.3) is 0 Å². The van der Waals surface area contributed by atoms with Crippen molar-refractivity contribution in [2.75, 3.05) is 6.54 Å². The zero-order chi connectivity index (χ0) is 13.1. The van der Waals surface area contributed by atoms with Crippen LogP contribution in [0.25, 0.3) is 10.1 Å². The molecule has 0 saturated heterocycles. The largest absolute Gasteiger partial charge is 0.309 e. The third-order valence-corrected chi connectivity index (χ3v) is 5.32. The van der Waals surface area contributed by atoms with Crippen molar-refractivity contribution in [3.05, 3.63) is 57.6 Å². The first-order valence-corrected chi connectivity index (χ1v) is 8.36. The van der Waals surface area contributed by atoms with E-state index in [1.165, 1.54) is 20.5 Å². The van der Waals surface area contributed by atoms with E-state index in [2.05, 4.69) is 59.4 Å². The summed E-state index contributed by atoms with van der Waals surface area (Å²) in [5, 5.41) is 9.48. The highest BCUT2D eigenvalue weighted by atomic mass is 32.1. The van der Waals surface area contributed by atoms with Crippen LogP contribution in [0.3, 0.4) is 0 Å². The Balaban J connectivity index is 1.89. The summed E-state index contributed by atoms with van der Waals surface area (Å²) in [5.41, 5.74) is 1.46. The maximum absolute atomic E-state index is 3.60. The van der Waals surface area contributed by atoms with Crippen LogP contribution < -0.4 is 5.32 Å². The van der Waals surface area contributed by atoms with Gasteiger partial charge in [0.1, 0.15) is 0 Å². The van der Waals surface area contributed by atoms with Gasteiger partial charge in [-0.3, -0.25) is 0 Å². The number of nitrogens with one attached hydrogen (secondary N) is 1. The first-order chi connectivity index (χ1) is 9.38. The van der Waals surface area contributed by atoms with Gasteiger partial charge in [-0.25, -0.2) is 0 Å². The number of thiophene rings is 2. The van der Waals surface area contributed by atoms with Crippen molar-refractivity contribution >= 4 is 32.8 Å². The Hall–Kier alpha value is -1.16. The zero-order valence-electron chi connectivity index (χ0n) is 10.9. The molecule has 0 radical (unpaired) electrons. The highest BCUT2D eigenvalue weighted by Gasteiger charge is 2.14. The van der Waals surface area contributed by atoms with E-state index in [1.807, 2.05) is 22.7 Å². The molecule has 3 rings (SSSR count). The highest BCUT2D eigenvalue weighted by Crippen LogP contribution is 2.30. The molecule has 3 aromatic rings. The SMILES string of the molecule is CCNC(Cc1csc2ccccc12)c1cccs1. The number of rotatable bonds is 5. The second-order valence-electron chi connectivity index (χ2n) is 4.59. The molecule has 2 heterocycles. The minimum atomic E-state index is 0.433. The molecule has 1 atom stereocenters. The minimum absolute atomic E-state index is 0.433. The zero-order valence-corrected chi connectivity index (χ0v) is 12.6. The van der Waals surface area contributed by atoms with Crippen LogP contribution in [0.2, 0.25) is 0 Å². The van der Waals surface area contributed by atoms with E-state index < -0.39 is 0 Å². The van der Waals surface area contributed by atoms with Gasteiger partial charge >= 0.3 is 0 Å². The van der Waals surface area contributed by atoms with Crippen LogP contribution in [0.1, 0.15) is 23.4 Å². The Morgan fingerprint density at radius 2 is 2.00 bits per heavy atom. The molecule has 0 aliphatic carbocycles. The number of likely N-dealkylation sites (N-methyl/N-ethyl adjacent to an activating group) is 1. The maximum atomic E-state index is 3.60. The monoisotopic (exact) mass is 287 g/mol. The molecule has 0 saturated carbocycles. The van der Waals surface area contributed by atoms with E-state index in [0.29, 0.717) is 6.04 Å². The van der Waals surface area contributed by atoms with Crippen LogP contribution in [-0.2, 0) is 6.42 Å². The van der Waals surface area contributed by atoms with Crippen molar-refractivity contribution in [1.82, 2.24) is 5.32 Å². The molecule has 3 heteroatoms. The molecule has 0 amide bonds. The lowest BCUT2D eigenvalue weighted by Crippen LogP contribution is -2.21. The van der Waals surface area contributed by atoms with Gasteiger partial charge in [-0.15, -0.1) is 22.7 Å². The van der Waals surface area contributed by atoms with E-state index in [4.69, 9.17) is 0 Å². The quantitative estimate of drug-likeness (QED) is 0.707. The summed E-state index contributed by atoms with van der Waals surface area (Å²) < 4.78 is 1.39. The molecule has 2 aromatic heterocycles. The molecule has 98 valence electrons. The fourth-order valence-corrected chi connectivity index (χ4v) is 4.20. The van der Waals surface area contributed by atoms with Gasteiger partial charge in [-0.05, 0) is 46.8 Å². The molecule has 0 aliphatic heterocycles. The average molecular weight is 287 g/mol. The van der Waals surface area contributed by atoms with Gasteiger partial charge in [0, 0.05) is 15.6 Å². The molecule has 1 unspecified atom stereocenters. The van der Waals surface area contributed by atoms with Crippen molar-refractivity contribution < 1.29 is 0 Å². The van der Waals surface area contributed by atoms with Crippen molar-refractivity contribution in [3.63, 3.8) is 0 Å². The van der Waals surface area contributed by atoms with E-state index in [-0.39, 0.29) is 0 Å². The predicted octanol–water partition coefficient (Wildman–Crippen LogP) is 4.86. The van der Waals surface area contributed by atoms with Crippen LogP contribution in [-0.4, -0.2) is 6.54 Å². The van der Waals surface area contributed by atoms with E-state index >= 15 is 0 Å². The summed E-state index contributed by atoms with van der Waals surface area (Å²) in [7, 11) is 0. The van der Waals surface area contributed by atoms with Gasteiger partial charge in [0.15, 0.2) is 0 Å². The molecule has 1 aromatic carbocycles. The molecule has 1 N–H and O–H groups in total. The molecule has 1 nitrogen and oxygen atoms in total. The summed E-state index contributed by atoms with van der Waals surface area (Å²) in [6.45, 7) is 3.18. The third kappa shape index (κ3) is 2.73. The molecule has 0 spiro atoms. The van der Waals surface area contributed by atoms with E-state index in [9.17, 15) is 0 Å². The first-order valence-electron chi connectivity index (χ1n) is 6.60. The van der Waals surface area contributed by atoms with Crippen LogP contribution in [0.5, 0.6) is 0 Å². The highest BCUT2D eigenvalue weighted by molar-refractivity contribution is 7.17. The van der Waals surface area contributed by atoms with Crippen LogP contribution in [0.15, 0.2) is 47.2 Å². The fourth-order valence-electron chi connectivity index (χ4n) is 2.42. The van der Waals surface area contributed by atoms with Crippen molar-refractivity contribution in [2.45, 2.75) is 19.4 Å². The minimum Gasteiger partial charge on any atom is -0.309 e. The molecular weight excluding hydrogens is 270 g/mol. The third-order valence-electron chi connectivity index (χ3n) is 3.32. The van der Waals surface area contributed by atoms with Gasteiger partial charge in [0.05, 0.1) is 0 Å². The lowest BCUT2D eigenvalue weighted by Gasteiger charge is -2.16. The topological polar surface area (TPSA) is 12.0 Å². The normalized spacial score (nSPS) is 12.9. The van der Waals surface area contributed by atoms with Crippen LogP contribution >= 0.6 is 22.7 Å². The fraction of sp³-hybridized carbons (Fsp3) is 0.250. The number of hydrogen-bond acceptors (Lipinski definition) is 3. The van der Waals surface area contributed by atoms with Crippen LogP contribution in [0.4, 0.5) is 0 Å². The van der Waals surface area contributed by atoms with Crippen LogP contribution in [0, 0.1) is 0 Å². The van der Waals surface area contributed by atoms with Crippen molar-refractivity contribution in [2.24, 2.45) is 0 Å². The summed E-state index contributed by atoms with van der Waals surface area (Å²) in [6.07, 6.45) is 1.07. The molecule has 19 heavy (non-hydrogen) atoms. The van der Waals surface area contributed by atoms with Gasteiger partial charge < -0.3 is 5.32 Å². The first kappa shape index (κ1) is 12.9. The number of hydrogen-bond donors (Lipinski definition) is 1. The Morgan fingerprint density at radius 3 is 2.79 bits per heavy atom. The van der Waals surface area contributed by atoms with Gasteiger partial charge in [-0.1, -0.05) is 31.2 Å². The predicted molar refractivity (Wildman–Crippen MR) is 86.3 cm³/mol. The van der Waals surface area contributed by atoms with Crippen molar-refractivity contribution in [3.8, 4) is 0 Å². The molecule has 0 fully saturated rings. The van der Waals surface area contributed by atoms with E-state index in [0.717, 1.165) is 13.0 Å². The molecule has 0 aliphatic rings. The Labute approximate surface area is 121 Å². The Morgan fingerprint density at radius 1 is 1.11 bits per heavy atom. The smallest absolute Gasteiger partial charge is 0.0456 e. The second kappa shape index (κ2) is 5.87. The van der Waals surface area contributed by atoms with Gasteiger partial charge in [-0.2, -0.15) is 0 Å². The molecule has 0 bridgehead atoms. The number of benzene rings is 1. The summed E-state index contributed by atoms with van der Waals surface area (Å²) in [5.74, 6) is 0. The standard InChI is InChI=1S/C16H17NS2/c1-2-17-14(16-8-5-9-18-16)10-12-11-19-15-7-4-3-6-13(12)15/h3-9,11,14,17H,2,10H2,1H3. The van der Waals surface area contributed by atoms with Crippen molar-refractivity contribution in [1.29, 1.82) is 0 Å². The Bertz CT molecular complexity index is 640. The number of fused-ring (bicyclic) bond motifs is 1. The average Bonchev–Trinajstić information content (AvgIpc) is 3.08. The lowest BCUT2D eigenvalue weighted by atomic mass is 10.0. The lowest BCUT2D eigenvalue weighted by molar-refractivity contribution is 0.560. The van der Waals surface area contributed by atoms with Gasteiger partial charge in [0.2, 0.25) is 0 Å².